The minimum absolute atomic E-state index is 0.490. The summed E-state index contributed by atoms with van der Waals surface area (Å²) in [5, 5.41) is 14.0. The zero-order chi connectivity index (χ0) is 19.9. The Kier molecular flexibility index (Phi) is 4.39. The molecule has 2 aromatic heterocycles. The number of rotatable bonds is 4. The van der Waals surface area contributed by atoms with Gasteiger partial charge in [0.1, 0.15) is 5.82 Å². The molecule has 8 heteroatoms. The van der Waals surface area contributed by atoms with Crippen LogP contribution in [0.25, 0.3) is 11.1 Å². The van der Waals surface area contributed by atoms with Crippen molar-refractivity contribution in [2.45, 2.75) is 38.0 Å². The van der Waals surface area contributed by atoms with Gasteiger partial charge in [-0.3, -0.25) is 5.10 Å². The number of ether oxygens (including phenoxy) is 1. The highest BCUT2D eigenvalue weighted by Crippen LogP contribution is 2.34. The van der Waals surface area contributed by atoms with E-state index in [9.17, 15) is 0 Å². The van der Waals surface area contributed by atoms with Crippen molar-refractivity contribution in [3.63, 3.8) is 0 Å². The summed E-state index contributed by atoms with van der Waals surface area (Å²) < 4.78 is 5.73. The number of benzene rings is 1. The third-order valence-electron chi connectivity index (χ3n) is 6.40. The summed E-state index contributed by atoms with van der Waals surface area (Å²) in [7, 11) is 0. The SMILES string of the molecule is c1cc(-c2cn[nH]c2)ccc1Nc1nc(N2C3CCC2CNC3)nc2c1COCC2. The number of hydrogen-bond donors (Lipinski definition) is 3. The van der Waals surface area contributed by atoms with Crippen molar-refractivity contribution < 1.29 is 4.74 Å². The van der Waals surface area contributed by atoms with Crippen molar-refractivity contribution in [3.05, 3.63) is 47.9 Å². The smallest absolute Gasteiger partial charge is 0.228 e. The Balaban J connectivity index is 1.33. The third-order valence-corrected chi connectivity index (χ3v) is 6.40. The van der Waals surface area contributed by atoms with Crippen LogP contribution in [-0.2, 0) is 17.8 Å². The quantitative estimate of drug-likeness (QED) is 0.617. The molecule has 3 N–H and O–H groups in total. The Morgan fingerprint density at radius 3 is 2.63 bits per heavy atom. The molecule has 2 unspecified atom stereocenters. The summed E-state index contributed by atoms with van der Waals surface area (Å²) in [5.74, 6) is 1.73. The van der Waals surface area contributed by atoms with Crippen LogP contribution in [0.15, 0.2) is 36.7 Å². The lowest BCUT2D eigenvalue weighted by Gasteiger charge is -2.36. The minimum atomic E-state index is 0.490. The Labute approximate surface area is 175 Å². The highest BCUT2D eigenvalue weighted by molar-refractivity contribution is 5.68. The molecular formula is C22H25N7O. The average Bonchev–Trinajstić information content (AvgIpc) is 3.40. The maximum absolute atomic E-state index is 5.73. The van der Waals surface area contributed by atoms with Crippen LogP contribution in [0, 0.1) is 0 Å². The molecule has 2 saturated heterocycles. The Morgan fingerprint density at radius 2 is 1.87 bits per heavy atom. The molecule has 3 aromatic rings. The summed E-state index contributed by atoms with van der Waals surface area (Å²) in [6, 6.07) is 9.32. The van der Waals surface area contributed by atoms with Crippen LogP contribution < -0.4 is 15.5 Å². The van der Waals surface area contributed by atoms with E-state index in [1.54, 1.807) is 0 Å². The van der Waals surface area contributed by atoms with Crippen LogP contribution >= 0.6 is 0 Å². The van der Waals surface area contributed by atoms with Gasteiger partial charge >= 0.3 is 0 Å². The fourth-order valence-electron chi connectivity index (χ4n) is 4.83. The second kappa shape index (κ2) is 7.37. The van der Waals surface area contributed by atoms with Gasteiger partial charge in [-0.25, -0.2) is 4.98 Å². The van der Waals surface area contributed by atoms with Crippen molar-refractivity contribution in [3.8, 4) is 11.1 Å². The summed E-state index contributed by atoms with van der Waals surface area (Å²) >= 11 is 0. The second-order valence-corrected chi connectivity index (χ2v) is 8.24. The lowest BCUT2D eigenvalue weighted by atomic mass is 10.1. The monoisotopic (exact) mass is 403 g/mol. The molecular weight excluding hydrogens is 378 g/mol. The van der Waals surface area contributed by atoms with Crippen LogP contribution in [-0.4, -0.2) is 51.9 Å². The predicted molar refractivity (Wildman–Crippen MR) is 115 cm³/mol. The number of aromatic amines is 1. The number of hydrogen-bond acceptors (Lipinski definition) is 7. The topological polar surface area (TPSA) is 91.0 Å². The van der Waals surface area contributed by atoms with Gasteiger partial charge in [0.15, 0.2) is 0 Å². The van der Waals surface area contributed by atoms with Gasteiger partial charge in [0.05, 0.1) is 25.1 Å². The Morgan fingerprint density at radius 1 is 1.03 bits per heavy atom. The van der Waals surface area contributed by atoms with E-state index in [0.29, 0.717) is 18.7 Å². The van der Waals surface area contributed by atoms with Crippen LogP contribution in [0.5, 0.6) is 0 Å². The van der Waals surface area contributed by atoms with Gasteiger partial charge in [-0.2, -0.15) is 10.1 Å². The van der Waals surface area contributed by atoms with Crippen LogP contribution in [0.2, 0.25) is 0 Å². The lowest BCUT2D eigenvalue weighted by Crippen LogP contribution is -2.52. The van der Waals surface area contributed by atoms with Crippen LogP contribution in [0.4, 0.5) is 17.5 Å². The third kappa shape index (κ3) is 3.12. The minimum Gasteiger partial charge on any atom is -0.376 e. The Hall–Kier alpha value is -2.97. The molecule has 0 aliphatic carbocycles. The first-order valence-corrected chi connectivity index (χ1v) is 10.7. The normalized spacial score (nSPS) is 22.7. The molecule has 30 heavy (non-hydrogen) atoms. The maximum Gasteiger partial charge on any atom is 0.228 e. The zero-order valence-electron chi connectivity index (χ0n) is 16.8. The molecule has 1 aromatic carbocycles. The molecule has 0 amide bonds. The molecule has 0 spiro atoms. The van der Waals surface area contributed by atoms with Gasteiger partial charge in [-0.15, -0.1) is 0 Å². The largest absolute Gasteiger partial charge is 0.376 e. The number of aromatic nitrogens is 4. The highest BCUT2D eigenvalue weighted by atomic mass is 16.5. The summed E-state index contributed by atoms with van der Waals surface area (Å²) in [4.78, 5) is 12.4. The zero-order valence-corrected chi connectivity index (χ0v) is 16.8. The second-order valence-electron chi connectivity index (χ2n) is 8.24. The van der Waals surface area contributed by atoms with Crippen molar-refractivity contribution in [1.82, 2.24) is 25.5 Å². The molecule has 2 fully saturated rings. The molecule has 5 heterocycles. The molecule has 0 radical (unpaired) electrons. The van der Waals surface area contributed by atoms with E-state index in [4.69, 9.17) is 14.7 Å². The first-order valence-electron chi connectivity index (χ1n) is 10.7. The lowest BCUT2D eigenvalue weighted by molar-refractivity contribution is 0.109. The van der Waals surface area contributed by atoms with Crippen molar-refractivity contribution in [1.29, 1.82) is 0 Å². The average molecular weight is 403 g/mol. The van der Waals surface area contributed by atoms with Crippen LogP contribution in [0.3, 0.4) is 0 Å². The predicted octanol–water partition coefficient (Wildman–Crippen LogP) is 2.62. The van der Waals surface area contributed by atoms with E-state index in [2.05, 4.69) is 50.0 Å². The van der Waals surface area contributed by atoms with Crippen LogP contribution in [0.1, 0.15) is 24.1 Å². The number of H-pyrrole nitrogens is 1. The summed E-state index contributed by atoms with van der Waals surface area (Å²) in [5.41, 5.74) is 5.39. The van der Waals surface area contributed by atoms with Gasteiger partial charge in [0, 0.05) is 54.6 Å². The van der Waals surface area contributed by atoms with E-state index < -0.39 is 0 Å². The van der Waals surface area contributed by atoms with E-state index in [0.717, 1.165) is 66.0 Å². The van der Waals surface area contributed by atoms with Gasteiger partial charge < -0.3 is 20.3 Å². The van der Waals surface area contributed by atoms with Crippen molar-refractivity contribution in [2.75, 3.05) is 29.9 Å². The number of nitrogens with zero attached hydrogens (tertiary/aromatic N) is 4. The fourth-order valence-corrected chi connectivity index (χ4v) is 4.83. The molecule has 0 saturated carbocycles. The van der Waals surface area contributed by atoms with Gasteiger partial charge in [0.2, 0.25) is 5.95 Å². The molecule has 2 bridgehead atoms. The number of anilines is 3. The van der Waals surface area contributed by atoms with E-state index in [1.807, 2.05) is 12.4 Å². The first-order chi connectivity index (χ1) is 14.8. The standard InChI is InChI=1S/C22H25N7O/c1-3-16(4-2-14(1)15-9-24-25-10-15)26-21-19-13-30-8-7-20(19)27-22(28-21)29-17-5-6-18(29)12-23-11-17/h1-4,9-10,17-18,23H,5-8,11-13H2,(H,24,25)(H,26,27,28). The van der Waals surface area contributed by atoms with E-state index in [1.165, 1.54) is 12.8 Å². The number of piperazine rings is 1. The molecule has 3 aliphatic rings. The molecule has 6 rings (SSSR count). The van der Waals surface area contributed by atoms with Gasteiger partial charge in [0.25, 0.3) is 0 Å². The van der Waals surface area contributed by atoms with E-state index in [-0.39, 0.29) is 0 Å². The molecule has 8 nitrogen and oxygen atoms in total. The Bertz CT molecular complexity index is 1020. The van der Waals surface area contributed by atoms with Crippen molar-refractivity contribution >= 4 is 17.5 Å². The van der Waals surface area contributed by atoms with Gasteiger partial charge in [-0.1, -0.05) is 12.1 Å². The fraction of sp³-hybridized carbons (Fsp3) is 0.409. The first kappa shape index (κ1) is 17.9. The van der Waals surface area contributed by atoms with Crippen molar-refractivity contribution in [2.24, 2.45) is 0 Å². The van der Waals surface area contributed by atoms with Gasteiger partial charge in [-0.05, 0) is 30.5 Å². The number of nitrogens with one attached hydrogen (secondary N) is 3. The summed E-state index contributed by atoms with van der Waals surface area (Å²) in [6.07, 6.45) is 6.97. The molecule has 3 aliphatic heterocycles. The van der Waals surface area contributed by atoms with E-state index >= 15 is 0 Å². The molecule has 154 valence electrons. The maximum atomic E-state index is 5.73. The summed E-state index contributed by atoms with van der Waals surface area (Å²) in [6.45, 7) is 3.30. The molecule has 2 atom stereocenters. The highest BCUT2D eigenvalue weighted by Gasteiger charge is 2.38. The number of fused-ring (bicyclic) bond motifs is 3.